The van der Waals surface area contributed by atoms with E-state index in [1.54, 1.807) is 13.8 Å². The first kappa shape index (κ1) is 18.9. The summed E-state index contributed by atoms with van der Waals surface area (Å²) in [4.78, 5) is 18.6. The number of carbonyl (C=O) groups excluding carboxylic acids is 1. The van der Waals surface area contributed by atoms with Crippen LogP contribution in [0.3, 0.4) is 0 Å². The van der Waals surface area contributed by atoms with Crippen molar-refractivity contribution >= 4 is 5.91 Å². The van der Waals surface area contributed by atoms with Gasteiger partial charge in [0.15, 0.2) is 0 Å². The number of alkyl halides is 3. The molecule has 144 valence electrons. The highest BCUT2D eigenvalue weighted by atomic mass is 19.4. The summed E-state index contributed by atoms with van der Waals surface area (Å²) in [6, 6.07) is 2.21. The summed E-state index contributed by atoms with van der Waals surface area (Å²) >= 11 is 0. The fraction of sp³-hybridized carbons (Fsp3) is 0.667. The van der Waals surface area contributed by atoms with Crippen molar-refractivity contribution in [3.05, 3.63) is 23.9 Å². The van der Waals surface area contributed by atoms with E-state index in [1.807, 2.05) is 0 Å². The molecule has 0 aromatic carbocycles. The summed E-state index contributed by atoms with van der Waals surface area (Å²) < 4.78 is 44.4. The SMILES string of the molecule is CN1CCC(NC(=O)C(C)(C)COc2ncccc2C(F)(F)F)C12CC2. The second kappa shape index (κ2) is 6.40. The molecule has 2 fully saturated rings. The number of likely N-dealkylation sites (N-methyl/N-ethyl adjacent to an activating group) is 1. The van der Waals surface area contributed by atoms with Gasteiger partial charge in [-0.25, -0.2) is 4.98 Å². The highest BCUT2D eigenvalue weighted by Crippen LogP contribution is 2.48. The van der Waals surface area contributed by atoms with E-state index < -0.39 is 23.0 Å². The van der Waals surface area contributed by atoms with Crippen LogP contribution in [0.5, 0.6) is 5.88 Å². The third-order valence-electron chi connectivity index (χ3n) is 5.49. The Labute approximate surface area is 150 Å². The Morgan fingerprint density at radius 3 is 2.73 bits per heavy atom. The van der Waals surface area contributed by atoms with Crippen LogP contribution in [0, 0.1) is 5.41 Å². The van der Waals surface area contributed by atoms with Crippen molar-refractivity contribution in [1.29, 1.82) is 0 Å². The number of nitrogens with zero attached hydrogens (tertiary/aromatic N) is 2. The van der Waals surface area contributed by atoms with Crippen molar-refractivity contribution in [3.8, 4) is 5.88 Å². The summed E-state index contributed by atoms with van der Waals surface area (Å²) in [5.41, 5.74) is -1.85. The maximum Gasteiger partial charge on any atom is 0.421 e. The van der Waals surface area contributed by atoms with Gasteiger partial charge in [0.25, 0.3) is 0 Å². The van der Waals surface area contributed by atoms with Crippen molar-refractivity contribution < 1.29 is 22.7 Å². The van der Waals surface area contributed by atoms with Crippen LogP contribution in [0.2, 0.25) is 0 Å². The topological polar surface area (TPSA) is 54.5 Å². The molecule has 1 spiro atoms. The third kappa shape index (κ3) is 3.51. The average molecular weight is 371 g/mol. The zero-order valence-corrected chi connectivity index (χ0v) is 15.2. The fourth-order valence-electron chi connectivity index (χ4n) is 3.53. The number of carbonyl (C=O) groups is 1. The van der Waals surface area contributed by atoms with Crippen LogP contribution in [0.25, 0.3) is 0 Å². The molecule has 0 bridgehead atoms. The minimum Gasteiger partial charge on any atom is -0.476 e. The van der Waals surface area contributed by atoms with E-state index in [9.17, 15) is 18.0 Å². The molecule has 1 aromatic rings. The Morgan fingerprint density at radius 2 is 2.12 bits per heavy atom. The number of halogens is 3. The average Bonchev–Trinajstić information content (AvgIpc) is 3.31. The molecule has 3 rings (SSSR count). The van der Waals surface area contributed by atoms with E-state index in [4.69, 9.17) is 4.74 Å². The van der Waals surface area contributed by atoms with Gasteiger partial charge >= 0.3 is 6.18 Å². The lowest BCUT2D eigenvalue weighted by Crippen LogP contribution is -2.51. The quantitative estimate of drug-likeness (QED) is 0.865. The molecule has 2 heterocycles. The molecule has 1 unspecified atom stereocenters. The van der Waals surface area contributed by atoms with Gasteiger partial charge < -0.3 is 10.1 Å². The van der Waals surface area contributed by atoms with E-state index in [0.717, 1.165) is 31.9 Å². The maximum absolute atomic E-state index is 13.0. The lowest BCUT2D eigenvalue weighted by Gasteiger charge is -2.30. The Hall–Kier alpha value is -1.83. The predicted octanol–water partition coefficient (Wildman–Crippen LogP) is 2.86. The van der Waals surface area contributed by atoms with Gasteiger partial charge in [0.1, 0.15) is 12.2 Å². The number of nitrogens with one attached hydrogen (secondary N) is 1. The van der Waals surface area contributed by atoms with Gasteiger partial charge in [-0.3, -0.25) is 9.69 Å². The van der Waals surface area contributed by atoms with Gasteiger partial charge in [-0.05, 0) is 52.3 Å². The monoisotopic (exact) mass is 371 g/mol. The lowest BCUT2D eigenvalue weighted by molar-refractivity contribution is -0.139. The molecule has 1 amide bonds. The Morgan fingerprint density at radius 1 is 1.42 bits per heavy atom. The van der Waals surface area contributed by atoms with Crippen LogP contribution >= 0.6 is 0 Å². The third-order valence-corrected chi connectivity index (χ3v) is 5.49. The fourth-order valence-corrected chi connectivity index (χ4v) is 3.53. The van der Waals surface area contributed by atoms with Crippen LogP contribution in [0.15, 0.2) is 18.3 Å². The largest absolute Gasteiger partial charge is 0.476 e. The van der Waals surface area contributed by atoms with Crippen molar-refractivity contribution in [3.63, 3.8) is 0 Å². The van der Waals surface area contributed by atoms with Gasteiger partial charge in [-0.2, -0.15) is 13.2 Å². The lowest BCUT2D eigenvalue weighted by atomic mass is 9.92. The molecule has 0 radical (unpaired) electrons. The number of rotatable bonds is 5. The summed E-state index contributed by atoms with van der Waals surface area (Å²) in [7, 11) is 2.06. The Kier molecular flexibility index (Phi) is 4.67. The second-order valence-corrected chi connectivity index (χ2v) is 7.87. The molecule has 1 aromatic heterocycles. The van der Waals surface area contributed by atoms with E-state index in [0.29, 0.717) is 0 Å². The van der Waals surface area contributed by atoms with Gasteiger partial charge in [-0.1, -0.05) is 0 Å². The molecule has 1 N–H and O–H groups in total. The normalized spacial score (nSPS) is 22.5. The van der Waals surface area contributed by atoms with Crippen LogP contribution < -0.4 is 10.1 Å². The number of amides is 1. The maximum atomic E-state index is 13.0. The predicted molar refractivity (Wildman–Crippen MR) is 89.7 cm³/mol. The number of aromatic nitrogens is 1. The van der Waals surface area contributed by atoms with Gasteiger partial charge in [0.05, 0.1) is 5.41 Å². The number of ether oxygens (including phenoxy) is 1. The number of pyridine rings is 1. The molecular formula is C18H24F3N3O2. The summed E-state index contributed by atoms with van der Waals surface area (Å²) in [6.45, 7) is 4.08. The molecule has 1 atom stereocenters. The van der Waals surface area contributed by atoms with Crippen molar-refractivity contribution in [2.45, 2.75) is 50.9 Å². The Balaban J connectivity index is 1.63. The van der Waals surface area contributed by atoms with E-state index in [-0.39, 0.29) is 24.1 Å². The number of hydrogen-bond acceptors (Lipinski definition) is 4. The molecular weight excluding hydrogens is 347 g/mol. The van der Waals surface area contributed by atoms with Crippen LogP contribution in [-0.2, 0) is 11.0 Å². The van der Waals surface area contributed by atoms with Crippen molar-refractivity contribution in [1.82, 2.24) is 15.2 Å². The van der Waals surface area contributed by atoms with Crippen LogP contribution in [0.1, 0.15) is 38.7 Å². The first-order chi connectivity index (χ1) is 12.1. The summed E-state index contributed by atoms with van der Waals surface area (Å²) in [5.74, 6) is -0.714. The number of hydrogen-bond donors (Lipinski definition) is 1. The molecule has 2 aliphatic rings. The van der Waals surface area contributed by atoms with E-state index in [1.165, 1.54) is 12.3 Å². The summed E-state index contributed by atoms with van der Waals surface area (Å²) in [5, 5.41) is 3.08. The first-order valence-corrected chi connectivity index (χ1v) is 8.73. The minimum atomic E-state index is -4.55. The molecule has 8 heteroatoms. The van der Waals surface area contributed by atoms with Crippen molar-refractivity contribution in [2.24, 2.45) is 5.41 Å². The minimum absolute atomic E-state index is 0.0665. The molecule has 1 saturated heterocycles. The highest BCUT2D eigenvalue weighted by Gasteiger charge is 2.56. The van der Waals surface area contributed by atoms with Crippen LogP contribution in [-0.4, -0.2) is 47.6 Å². The summed E-state index contributed by atoms with van der Waals surface area (Å²) in [6.07, 6.45) is -0.300. The van der Waals surface area contributed by atoms with Gasteiger partial charge in [0, 0.05) is 24.3 Å². The molecule has 1 aliphatic carbocycles. The molecule has 1 aliphatic heterocycles. The molecule has 1 saturated carbocycles. The zero-order chi connectivity index (χ0) is 19.2. The van der Waals surface area contributed by atoms with E-state index in [2.05, 4.69) is 22.2 Å². The van der Waals surface area contributed by atoms with Gasteiger partial charge in [-0.15, -0.1) is 0 Å². The standard InChI is InChI=1S/C18H24F3N3O2/c1-16(2,11-26-14-12(18(19,20)21)5-4-9-22-14)15(25)23-13-6-10-24(3)17(13)7-8-17/h4-5,9,13H,6-8,10-11H2,1-3H3,(H,23,25). The molecule has 5 nitrogen and oxygen atoms in total. The highest BCUT2D eigenvalue weighted by molar-refractivity contribution is 5.82. The van der Waals surface area contributed by atoms with E-state index >= 15 is 0 Å². The van der Waals surface area contributed by atoms with Crippen molar-refractivity contribution in [2.75, 3.05) is 20.2 Å². The Bertz CT molecular complexity index is 687. The van der Waals surface area contributed by atoms with Gasteiger partial charge in [0.2, 0.25) is 11.8 Å². The smallest absolute Gasteiger partial charge is 0.421 e. The molecule has 26 heavy (non-hydrogen) atoms. The first-order valence-electron chi connectivity index (χ1n) is 8.73. The second-order valence-electron chi connectivity index (χ2n) is 7.87. The van der Waals surface area contributed by atoms with Crippen LogP contribution in [0.4, 0.5) is 13.2 Å². The number of likely N-dealkylation sites (tertiary alicyclic amines) is 1. The zero-order valence-electron chi connectivity index (χ0n) is 15.2.